The molecule has 1 unspecified atom stereocenters. The molecule has 0 bridgehead atoms. The molecule has 2 nitrogen and oxygen atoms in total. The number of hydrogen-bond donors (Lipinski definition) is 1. The number of carbonyl (C=O) groups excluding carboxylic acids is 1. The summed E-state index contributed by atoms with van der Waals surface area (Å²) in [5, 5.41) is 3.47. The van der Waals surface area contributed by atoms with E-state index in [2.05, 4.69) is 21.2 Å². The van der Waals surface area contributed by atoms with Gasteiger partial charge >= 0.3 is 0 Å². The summed E-state index contributed by atoms with van der Waals surface area (Å²) in [4.78, 5) is 12.0. The first kappa shape index (κ1) is 12.9. The third-order valence-corrected chi connectivity index (χ3v) is 4.25. The predicted molar refractivity (Wildman–Crippen MR) is 73.4 cm³/mol. The molecule has 1 aliphatic carbocycles. The van der Waals surface area contributed by atoms with E-state index in [1.807, 2.05) is 19.1 Å². The fraction of sp³-hybridized carbons (Fsp3) is 0.462. The van der Waals surface area contributed by atoms with Gasteiger partial charge in [0.25, 0.3) is 5.91 Å². The van der Waals surface area contributed by atoms with E-state index in [9.17, 15) is 4.79 Å². The summed E-state index contributed by atoms with van der Waals surface area (Å²) >= 11 is 9.40. The highest BCUT2D eigenvalue weighted by Gasteiger charge is 2.24. The number of amides is 1. The Kier molecular flexibility index (Phi) is 4.10. The van der Waals surface area contributed by atoms with E-state index in [1.54, 1.807) is 6.07 Å². The van der Waals surface area contributed by atoms with Crippen molar-refractivity contribution in [1.82, 2.24) is 5.32 Å². The molecule has 0 saturated heterocycles. The van der Waals surface area contributed by atoms with Crippen LogP contribution in [0.25, 0.3) is 0 Å². The Morgan fingerprint density at radius 1 is 1.59 bits per heavy atom. The molecule has 1 saturated carbocycles. The Hall–Kier alpha value is -0.540. The van der Waals surface area contributed by atoms with E-state index < -0.39 is 0 Å². The van der Waals surface area contributed by atoms with Gasteiger partial charge in [0.05, 0.1) is 10.6 Å². The van der Waals surface area contributed by atoms with Crippen LogP contribution in [-0.2, 0) is 0 Å². The van der Waals surface area contributed by atoms with Gasteiger partial charge in [-0.3, -0.25) is 4.79 Å². The molecule has 0 radical (unpaired) electrons. The molecule has 1 atom stereocenters. The molecular formula is C13H15BrClNO. The van der Waals surface area contributed by atoms with E-state index in [4.69, 9.17) is 11.6 Å². The maximum Gasteiger partial charge on any atom is 0.253 e. The van der Waals surface area contributed by atoms with Crippen LogP contribution in [0.15, 0.2) is 22.7 Å². The largest absolute Gasteiger partial charge is 0.350 e. The van der Waals surface area contributed by atoms with Gasteiger partial charge in [0.2, 0.25) is 0 Å². The van der Waals surface area contributed by atoms with Gasteiger partial charge in [-0.1, -0.05) is 30.5 Å². The fourth-order valence-corrected chi connectivity index (χ4v) is 2.47. The van der Waals surface area contributed by atoms with Crippen LogP contribution in [0.4, 0.5) is 0 Å². The van der Waals surface area contributed by atoms with Gasteiger partial charge in [-0.2, -0.15) is 0 Å². The Labute approximate surface area is 115 Å². The minimum atomic E-state index is -0.0931. The SMILES string of the molecule is CC(CC1CC1)NC(=O)c1cccc(Br)c1Cl. The number of nitrogens with one attached hydrogen (secondary N) is 1. The first-order valence-electron chi connectivity index (χ1n) is 5.83. The molecule has 0 heterocycles. The summed E-state index contributed by atoms with van der Waals surface area (Å²) in [7, 11) is 0. The van der Waals surface area contributed by atoms with Crippen molar-refractivity contribution < 1.29 is 4.79 Å². The molecule has 0 spiro atoms. The van der Waals surface area contributed by atoms with Gasteiger partial charge in [0.1, 0.15) is 0 Å². The van der Waals surface area contributed by atoms with Gasteiger partial charge in [0, 0.05) is 10.5 Å². The molecular weight excluding hydrogens is 302 g/mol. The molecule has 1 amide bonds. The monoisotopic (exact) mass is 315 g/mol. The normalized spacial score (nSPS) is 16.6. The average molecular weight is 317 g/mol. The second-order valence-corrected chi connectivity index (χ2v) is 5.89. The van der Waals surface area contributed by atoms with E-state index in [0.717, 1.165) is 16.8 Å². The lowest BCUT2D eigenvalue weighted by Crippen LogP contribution is -2.33. The number of rotatable bonds is 4. The summed E-state index contributed by atoms with van der Waals surface area (Å²) < 4.78 is 0.752. The van der Waals surface area contributed by atoms with Crippen LogP contribution in [0, 0.1) is 5.92 Å². The van der Waals surface area contributed by atoms with Crippen molar-refractivity contribution in [2.45, 2.75) is 32.2 Å². The standard InChI is InChI=1S/C13H15BrClNO/c1-8(7-9-5-6-9)16-13(17)10-3-2-4-11(14)12(10)15/h2-4,8-9H,5-7H2,1H3,(H,16,17). The quantitative estimate of drug-likeness (QED) is 0.893. The number of hydrogen-bond acceptors (Lipinski definition) is 1. The van der Waals surface area contributed by atoms with Gasteiger partial charge < -0.3 is 5.32 Å². The second kappa shape index (κ2) is 5.40. The van der Waals surface area contributed by atoms with Crippen molar-refractivity contribution in [2.75, 3.05) is 0 Å². The molecule has 0 aromatic heterocycles. The maximum atomic E-state index is 12.0. The van der Waals surface area contributed by atoms with Crippen LogP contribution < -0.4 is 5.32 Å². The summed E-state index contributed by atoms with van der Waals surface area (Å²) in [5.41, 5.74) is 0.531. The lowest BCUT2D eigenvalue weighted by molar-refractivity contribution is 0.0937. The summed E-state index contributed by atoms with van der Waals surface area (Å²) in [5.74, 6) is 0.715. The third-order valence-electron chi connectivity index (χ3n) is 2.96. The molecule has 1 aliphatic rings. The van der Waals surface area contributed by atoms with Gasteiger partial charge in [-0.15, -0.1) is 0 Å². The predicted octanol–water partition coefficient (Wildman–Crippen LogP) is 4.02. The van der Waals surface area contributed by atoms with Gasteiger partial charge in [0.15, 0.2) is 0 Å². The van der Waals surface area contributed by atoms with Crippen LogP contribution in [-0.4, -0.2) is 11.9 Å². The highest BCUT2D eigenvalue weighted by atomic mass is 79.9. The minimum absolute atomic E-state index is 0.0931. The van der Waals surface area contributed by atoms with E-state index in [-0.39, 0.29) is 11.9 Å². The molecule has 4 heteroatoms. The first-order chi connectivity index (χ1) is 8.08. The Balaban J connectivity index is 2.00. The molecule has 1 fully saturated rings. The average Bonchev–Trinajstić information content (AvgIpc) is 3.05. The molecule has 17 heavy (non-hydrogen) atoms. The molecule has 1 N–H and O–H groups in total. The van der Waals surface area contributed by atoms with E-state index >= 15 is 0 Å². The van der Waals surface area contributed by atoms with Crippen molar-refractivity contribution in [3.05, 3.63) is 33.3 Å². The Bertz CT molecular complexity index is 431. The van der Waals surface area contributed by atoms with Gasteiger partial charge in [-0.05, 0) is 47.3 Å². The van der Waals surface area contributed by atoms with Crippen molar-refractivity contribution in [1.29, 1.82) is 0 Å². The van der Waals surface area contributed by atoms with E-state index in [0.29, 0.717) is 10.6 Å². The third kappa shape index (κ3) is 3.46. The lowest BCUT2D eigenvalue weighted by Gasteiger charge is -2.14. The zero-order valence-electron chi connectivity index (χ0n) is 9.67. The minimum Gasteiger partial charge on any atom is -0.350 e. The van der Waals surface area contributed by atoms with Crippen molar-refractivity contribution in [3.63, 3.8) is 0 Å². The van der Waals surface area contributed by atoms with Crippen molar-refractivity contribution >= 4 is 33.4 Å². The van der Waals surface area contributed by atoms with Crippen LogP contribution in [0.5, 0.6) is 0 Å². The smallest absolute Gasteiger partial charge is 0.253 e. The first-order valence-corrected chi connectivity index (χ1v) is 7.00. The Morgan fingerprint density at radius 2 is 2.29 bits per heavy atom. The van der Waals surface area contributed by atoms with Crippen molar-refractivity contribution in [3.8, 4) is 0 Å². The summed E-state index contributed by atoms with van der Waals surface area (Å²) in [6, 6.07) is 5.60. The number of halogens is 2. The molecule has 0 aliphatic heterocycles. The van der Waals surface area contributed by atoms with Crippen LogP contribution in [0.1, 0.15) is 36.5 Å². The van der Waals surface area contributed by atoms with Gasteiger partial charge in [-0.25, -0.2) is 0 Å². The van der Waals surface area contributed by atoms with Crippen LogP contribution in [0.2, 0.25) is 5.02 Å². The number of benzene rings is 1. The fourth-order valence-electron chi connectivity index (χ4n) is 1.89. The van der Waals surface area contributed by atoms with E-state index in [1.165, 1.54) is 12.8 Å². The van der Waals surface area contributed by atoms with Crippen LogP contribution in [0.3, 0.4) is 0 Å². The molecule has 1 aromatic carbocycles. The second-order valence-electron chi connectivity index (χ2n) is 4.65. The molecule has 1 aromatic rings. The zero-order chi connectivity index (χ0) is 12.4. The maximum absolute atomic E-state index is 12.0. The summed E-state index contributed by atoms with van der Waals surface area (Å²) in [6.45, 7) is 2.04. The zero-order valence-corrected chi connectivity index (χ0v) is 12.0. The highest BCUT2D eigenvalue weighted by molar-refractivity contribution is 9.10. The molecule has 92 valence electrons. The molecule has 2 rings (SSSR count). The van der Waals surface area contributed by atoms with Crippen LogP contribution >= 0.6 is 27.5 Å². The number of carbonyl (C=O) groups is 1. The summed E-state index contributed by atoms with van der Waals surface area (Å²) in [6.07, 6.45) is 3.67. The topological polar surface area (TPSA) is 29.1 Å². The lowest BCUT2D eigenvalue weighted by atomic mass is 10.1. The Morgan fingerprint density at radius 3 is 2.94 bits per heavy atom. The van der Waals surface area contributed by atoms with Crippen molar-refractivity contribution in [2.24, 2.45) is 5.92 Å². The highest BCUT2D eigenvalue weighted by Crippen LogP contribution is 2.33.